The molecule has 0 aliphatic carbocycles. The van der Waals surface area contributed by atoms with Gasteiger partial charge in [-0.25, -0.2) is 0 Å². The molecule has 0 unspecified atom stereocenters. The van der Waals surface area contributed by atoms with Gasteiger partial charge in [0.1, 0.15) is 0 Å². The lowest BCUT2D eigenvalue weighted by Gasteiger charge is -2.22. The third kappa shape index (κ3) is 5.08. The first kappa shape index (κ1) is 18.5. The minimum Gasteiger partial charge on any atom is -0.481 e. The van der Waals surface area contributed by atoms with E-state index in [9.17, 15) is 9.59 Å². The molecular formula is C20H24N2O3. The second kappa shape index (κ2) is 8.87. The zero-order valence-corrected chi connectivity index (χ0v) is 14.7. The number of carbonyl (C=O) groups excluding carboxylic acids is 1. The first-order valence-corrected chi connectivity index (χ1v) is 8.51. The van der Waals surface area contributed by atoms with E-state index in [0.29, 0.717) is 16.8 Å². The van der Waals surface area contributed by atoms with E-state index in [1.165, 1.54) is 0 Å². The van der Waals surface area contributed by atoms with Gasteiger partial charge in [0, 0.05) is 30.0 Å². The van der Waals surface area contributed by atoms with E-state index >= 15 is 0 Å². The topological polar surface area (TPSA) is 69.6 Å². The Hall–Kier alpha value is -2.82. The Bertz CT molecular complexity index is 726. The molecule has 0 aliphatic heterocycles. The highest BCUT2D eigenvalue weighted by atomic mass is 16.4. The number of benzene rings is 2. The number of carbonyl (C=O) groups is 2. The number of amides is 1. The Labute approximate surface area is 148 Å². The SMILES string of the molecule is CCCN(CC)c1ccc(C(=O)Nc2ccccc2CC(=O)O)cc1. The summed E-state index contributed by atoms with van der Waals surface area (Å²) in [5.41, 5.74) is 2.74. The Balaban J connectivity index is 2.13. The van der Waals surface area contributed by atoms with Gasteiger partial charge in [-0.1, -0.05) is 25.1 Å². The van der Waals surface area contributed by atoms with E-state index in [4.69, 9.17) is 5.11 Å². The average Bonchev–Trinajstić information content (AvgIpc) is 2.61. The monoisotopic (exact) mass is 340 g/mol. The van der Waals surface area contributed by atoms with Crippen molar-refractivity contribution in [3.8, 4) is 0 Å². The van der Waals surface area contributed by atoms with Crippen LogP contribution >= 0.6 is 0 Å². The summed E-state index contributed by atoms with van der Waals surface area (Å²) < 4.78 is 0. The van der Waals surface area contributed by atoms with Crippen LogP contribution in [0.1, 0.15) is 36.2 Å². The van der Waals surface area contributed by atoms with Gasteiger partial charge in [0.25, 0.3) is 5.91 Å². The largest absolute Gasteiger partial charge is 0.481 e. The van der Waals surface area contributed by atoms with Crippen molar-refractivity contribution in [3.05, 3.63) is 59.7 Å². The van der Waals surface area contributed by atoms with Crippen LogP contribution in [0.2, 0.25) is 0 Å². The van der Waals surface area contributed by atoms with Crippen molar-refractivity contribution in [2.24, 2.45) is 0 Å². The average molecular weight is 340 g/mol. The molecule has 2 aromatic carbocycles. The molecule has 0 fully saturated rings. The van der Waals surface area contributed by atoms with Crippen LogP contribution in [0.3, 0.4) is 0 Å². The smallest absolute Gasteiger partial charge is 0.307 e. The predicted octanol–water partition coefficient (Wildman–Crippen LogP) is 3.80. The molecule has 25 heavy (non-hydrogen) atoms. The van der Waals surface area contributed by atoms with Gasteiger partial charge in [0.05, 0.1) is 6.42 Å². The number of nitrogens with one attached hydrogen (secondary N) is 1. The zero-order chi connectivity index (χ0) is 18.2. The third-order valence-electron chi connectivity index (χ3n) is 3.98. The summed E-state index contributed by atoms with van der Waals surface area (Å²) in [5, 5.41) is 11.8. The van der Waals surface area contributed by atoms with Gasteiger partial charge in [-0.2, -0.15) is 0 Å². The summed E-state index contributed by atoms with van der Waals surface area (Å²) in [6.45, 7) is 6.14. The van der Waals surface area contributed by atoms with Crippen LogP contribution in [0, 0.1) is 0 Å². The highest BCUT2D eigenvalue weighted by Crippen LogP contribution is 2.19. The molecule has 2 rings (SSSR count). The van der Waals surface area contributed by atoms with Crippen molar-refractivity contribution < 1.29 is 14.7 Å². The fraction of sp³-hybridized carbons (Fsp3) is 0.300. The molecule has 132 valence electrons. The van der Waals surface area contributed by atoms with Gasteiger partial charge in [-0.3, -0.25) is 9.59 Å². The molecule has 0 radical (unpaired) electrons. The lowest BCUT2D eigenvalue weighted by Crippen LogP contribution is -2.23. The van der Waals surface area contributed by atoms with Gasteiger partial charge in [-0.05, 0) is 49.2 Å². The molecule has 2 aromatic rings. The molecule has 0 saturated heterocycles. The molecule has 5 heteroatoms. The molecule has 1 amide bonds. The second-order valence-electron chi connectivity index (χ2n) is 5.81. The summed E-state index contributed by atoms with van der Waals surface area (Å²) in [6.07, 6.45) is 0.939. The number of anilines is 2. The molecule has 0 saturated carbocycles. The van der Waals surface area contributed by atoms with Crippen LogP contribution in [0.4, 0.5) is 11.4 Å². The van der Waals surface area contributed by atoms with Gasteiger partial charge in [0.2, 0.25) is 0 Å². The Morgan fingerprint density at radius 3 is 2.32 bits per heavy atom. The molecule has 2 N–H and O–H groups in total. The van der Waals surface area contributed by atoms with Crippen molar-refractivity contribution in [3.63, 3.8) is 0 Å². The van der Waals surface area contributed by atoms with Gasteiger partial charge in [0.15, 0.2) is 0 Å². The number of aliphatic carboxylic acids is 1. The number of carboxylic acid groups (broad SMARTS) is 1. The molecule has 0 aliphatic rings. The van der Waals surface area contributed by atoms with Gasteiger partial charge >= 0.3 is 5.97 Å². The normalized spacial score (nSPS) is 10.3. The van der Waals surface area contributed by atoms with Crippen molar-refractivity contribution in [2.75, 3.05) is 23.3 Å². The van der Waals surface area contributed by atoms with Crippen LogP contribution in [0.5, 0.6) is 0 Å². The number of carboxylic acids is 1. The summed E-state index contributed by atoms with van der Waals surface area (Å²) in [7, 11) is 0. The maximum absolute atomic E-state index is 12.5. The highest BCUT2D eigenvalue weighted by Gasteiger charge is 2.11. The van der Waals surface area contributed by atoms with Crippen molar-refractivity contribution >= 4 is 23.3 Å². The quantitative estimate of drug-likeness (QED) is 0.767. The molecule has 0 aromatic heterocycles. The van der Waals surface area contributed by atoms with Crippen LogP contribution in [0.25, 0.3) is 0 Å². The molecule has 0 atom stereocenters. The van der Waals surface area contributed by atoms with E-state index in [0.717, 1.165) is 25.2 Å². The van der Waals surface area contributed by atoms with Gasteiger partial charge in [-0.15, -0.1) is 0 Å². The second-order valence-corrected chi connectivity index (χ2v) is 5.81. The minimum atomic E-state index is -0.929. The number of nitrogens with zero attached hydrogens (tertiary/aromatic N) is 1. The zero-order valence-electron chi connectivity index (χ0n) is 14.7. The summed E-state index contributed by atoms with van der Waals surface area (Å²) >= 11 is 0. The Kier molecular flexibility index (Phi) is 6.57. The number of para-hydroxylation sites is 1. The predicted molar refractivity (Wildman–Crippen MR) is 100 cm³/mol. The lowest BCUT2D eigenvalue weighted by molar-refractivity contribution is -0.136. The van der Waals surface area contributed by atoms with E-state index in [1.807, 2.05) is 12.1 Å². The van der Waals surface area contributed by atoms with Crippen LogP contribution < -0.4 is 10.2 Å². The maximum atomic E-state index is 12.5. The molecule has 0 heterocycles. The Morgan fingerprint density at radius 1 is 1.04 bits per heavy atom. The van der Waals surface area contributed by atoms with Crippen molar-refractivity contribution in [1.29, 1.82) is 0 Å². The fourth-order valence-electron chi connectivity index (χ4n) is 2.72. The van der Waals surface area contributed by atoms with Crippen LogP contribution in [0.15, 0.2) is 48.5 Å². The minimum absolute atomic E-state index is 0.127. The lowest BCUT2D eigenvalue weighted by atomic mass is 10.1. The van der Waals surface area contributed by atoms with E-state index in [2.05, 4.69) is 24.1 Å². The first-order chi connectivity index (χ1) is 12.0. The first-order valence-electron chi connectivity index (χ1n) is 8.51. The van der Waals surface area contributed by atoms with Crippen molar-refractivity contribution in [2.45, 2.75) is 26.7 Å². The van der Waals surface area contributed by atoms with Crippen molar-refractivity contribution in [1.82, 2.24) is 0 Å². The molecule has 0 bridgehead atoms. The molecule has 0 spiro atoms. The van der Waals surface area contributed by atoms with Crippen LogP contribution in [-0.4, -0.2) is 30.1 Å². The number of hydrogen-bond donors (Lipinski definition) is 2. The van der Waals surface area contributed by atoms with E-state index in [-0.39, 0.29) is 12.3 Å². The standard InChI is InChI=1S/C20H24N2O3/c1-3-13-22(4-2)17-11-9-15(10-12-17)20(25)21-18-8-6-5-7-16(18)14-19(23)24/h5-12H,3-4,13-14H2,1-2H3,(H,21,25)(H,23,24). The Morgan fingerprint density at radius 2 is 1.72 bits per heavy atom. The van der Waals surface area contributed by atoms with Gasteiger partial charge < -0.3 is 15.3 Å². The maximum Gasteiger partial charge on any atom is 0.307 e. The third-order valence-corrected chi connectivity index (χ3v) is 3.98. The van der Waals surface area contributed by atoms with Crippen LogP contribution in [-0.2, 0) is 11.2 Å². The van der Waals surface area contributed by atoms with E-state index < -0.39 is 5.97 Å². The number of hydrogen-bond acceptors (Lipinski definition) is 3. The summed E-state index contributed by atoms with van der Waals surface area (Å²) in [5.74, 6) is -1.18. The molecule has 5 nitrogen and oxygen atoms in total. The number of rotatable bonds is 8. The highest BCUT2D eigenvalue weighted by molar-refractivity contribution is 6.05. The summed E-state index contributed by atoms with van der Waals surface area (Å²) in [6, 6.07) is 14.4. The molecular weight excluding hydrogens is 316 g/mol. The fourth-order valence-corrected chi connectivity index (χ4v) is 2.72. The van der Waals surface area contributed by atoms with E-state index in [1.54, 1.807) is 36.4 Å². The summed E-state index contributed by atoms with van der Waals surface area (Å²) in [4.78, 5) is 25.7.